The fourth-order valence-electron chi connectivity index (χ4n) is 4.23. The van der Waals surface area contributed by atoms with Crippen LogP contribution in [0.1, 0.15) is 32.5 Å². The minimum absolute atomic E-state index is 0.150. The molecule has 1 aliphatic heterocycles. The molecule has 1 fully saturated rings. The molecule has 0 saturated carbocycles. The van der Waals surface area contributed by atoms with E-state index in [4.69, 9.17) is 19.7 Å². The summed E-state index contributed by atoms with van der Waals surface area (Å²) in [6.07, 6.45) is 1.34. The number of benzene rings is 1. The maximum atomic E-state index is 13.5. The zero-order valence-corrected chi connectivity index (χ0v) is 19.6. The zero-order valence-electron chi connectivity index (χ0n) is 19.6. The second-order valence-corrected chi connectivity index (χ2v) is 8.24. The number of nitrogens with zero attached hydrogens (tertiary/aromatic N) is 6. The van der Waals surface area contributed by atoms with Gasteiger partial charge in [-0.1, -0.05) is 6.92 Å². The maximum absolute atomic E-state index is 13.5. The van der Waals surface area contributed by atoms with Crippen molar-refractivity contribution in [1.82, 2.24) is 24.4 Å². The molecule has 4 rings (SSSR count). The lowest BCUT2D eigenvalue weighted by atomic mass is 10.2. The van der Waals surface area contributed by atoms with Crippen molar-refractivity contribution in [3.8, 4) is 11.4 Å². The number of aromatic nitrogens is 4. The lowest BCUT2D eigenvalue weighted by molar-refractivity contribution is -0.143. The van der Waals surface area contributed by atoms with Gasteiger partial charge in [0.25, 0.3) is 0 Å². The van der Waals surface area contributed by atoms with Crippen LogP contribution in [0, 0.1) is 12.7 Å². The minimum atomic E-state index is -0.269. The highest BCUT2D eigenvalue weighted by Crippen LogP contribution is 2.30. The molecule has 0 bridgehead atoms. The lowest BCUT2D eigenvalue weighted by Crippen LogP contribution is -2.47. The van der Waals surface area contributed by atoms with Crippen LogP contribution in [0.4, 0.5) is 10.2 Å². The van der Waals surface area contributed by atoms with Gasteiger partial charge in [-0.3, -0.25) is 9.69 Å². The second-order valence-electron chi connectivity index (χ2n) is 8.24. The van der Waals surface area contributed by atoms with Crippen LogP contribution < -0.4 is 4.90 Å². The highest BCUT2D eigenvalue weighted by atomic mass is 19.1. The molecule has 2 aromatic heterocycles. The Morgan fingerprint density at radius 3 is 2.42 bits per heavy atom. The number of rotatable bonds is 8. The van der Waals surface area contributed by atoms with Crippen LogP contribution in [0.2, 0.25) is 0 Å². The van der Waals surface area contributed by atoms with Crippen LogP contribution in [-0.2, 0) is 16.1 Å². The first-order chi connectivity index (χ1) is 16.0. The molecule has 1 aliphatic rings. The second kappa shape index (κ2) is 10.2. The minimum Gasteiger partial charge on any atom is -0.466 e. The molecule has 9 heteroatoms. The first kappa shape index (κ1) is 23.1. The van der Waals surface area contributed by atoms with Gasteiger partial charge in [0.05, 0.1) is 13.0 Å². The fourth-order valence-corrected chi connectivity index (χ4v) is 4.23. The molecular formula is C24H31FN6O2. The van der Waals surface area contributed by atoms with Gasteiger partial charge in [-0.25, -0.2) is 19.3 Å². The summed E-state index contributed by atoms with van der Waals surface area (Å²) in [6.45, 7) is 11.0. The number of imidazole rings is 1. The molecule has 1 saturated heterocycles. The molecular weight excluding hydrogens is 423 g/mol. The summed E-state index contributed by atoms with van der Waals surface area (Å²) in [5.41, 5.74) is 2.44. The molecule has 3 aromatic rings. The van der Waals surface area contributed by atoms with Gasteiger partial charge in [-0.2, -0.15) is 0 Å². The van der Waals surface area contributed by atoms with E-state index in [2.05, 4.69) is 21.3 Å². The molecule has 8 nitrogen and oxygen atoms in total. The van der Waals surface area contributed by atoms with E-state index in [1.54, 1.807) is 12.1 Å². The van der Waals surface area contributed by atoms with Crippen LogP contribution in [0.5, 0.6) is 0 Å². The fraction of sp³-hybridized carbons (Fsp3) is 0.500. The Morgan fingerprint density at radius 2 is 1.76 bits per heavy atom. The average molecular weight is 455 g/mol. The first-order valence-electron chi connectivity index (χ1n) is 11.6. The number of piperazine rings is 1. The van der Waals surface area contributed by atoms with Gasteiger partial charge in [-0.05, 0) is 44.5 Å². The number of fused-ring (bicyclic) bond motifs is 1. The highest BCUT2D eigenvalue weighted by Gasteiger charge is 2.24. The van der Waals surface area contributed by atoms with Gasteiger partial charge < -0.3 is 14.2 Å². The smallest absolute Gasteiger partial charge is 0.307 e. The van der Waals surface area contributed by atoms with E-state index in [1.165, 1.54) is 12.1 Å². The SMILES string of the molecule is CCCn1c(-c2ccc(F)cc2)nc2c(N3CCN(CCC(=O)OCC)CC3)nc(C)nc21. The van der Waals surface area contributed by atoms with Gasteiger partial charge >= 0.3 is 5.97 Å². The summed E-state index contributed by atoms with van der Waals surface area (Å²) in [7, 11) is 0. The van der Waals surface area contributed by atoms with Crippen molar-refractivity contribution < 1.29 is 13.9 Å². The Morgan fingerprint density at radius 1 is 1.03 bits per heavy atom. The third-order valence-electron chi connectivity index (χ3n) is 5.85. The lowest BCUT2D eigenvalue weighted by Gasteiger charge is -2.35. The van der Waals surface area contributed by atoms with Crippen LogP contribution in [0.25, 0.3) is 22.6 Å². The van der Waals surface area contributed by atoms with Crippen LogP contribution >= 0.6 is 0 Å². The van der Waals surface area contributed by atoms with Gasteiger partial charge in [-0.15, -0.1) is 0 Å². The molecule has 176 valence electrons. The van der Waals surface area contributed by atoms with Gasteiger partial charge in [0.15, 0.2) is 17.0 Å². The van der Waals surface area contributed by atoms with Crippen molar-refractivity contribution >= 4 is 23.0 Å². The molecule has 0 atom stereocenters. The van der Waals surface area contributed by atoms with Crippen molar-refractivity contribution in [2.24, 2.45) is 0 Å². The van der Waals surface area contributed by atoms with E-state index in [0.29, 0.717) is 25.4 Å². The van der Waals surface area contributed by atoms with Crippen molar-refractivity contribution in [3.63, 3.8) is 0 Å². The zero-order chi connectivity index (χ0) is 23.4. The van der Waals surface area contributed by atoms with Crippen LogP contribution in [-0.4, -0.2) is 69.7 Å². The van der Waals surface area contributed by atoms with E-state index in [9.17, 15) is 9.18 Å². The number of ether oxygens (including phenoxy) is 1. The number of carbonyl (C=O) groups is 1. The summed E-state index contributed by atoms with van der Waals surface area (Å²) in [5, 5.41) is 0. The standard InChI is InChI=1S/C24H31FN6O2/c1-4-11-31-22(18-6-8-19(25)9-7-18)28-21-23(26-17(3)27-24(21)31)30-15-13-29(14-16-30)12-10-20(32)33-5-2/h6-9H,4-5,10-16H2,1-3H3. The number of esters is 1. The Hall–Kier alpha value is -3.07. The Labute approximate surface area is 193 Å². The van der Waals surface area contributed by atoms with Gasteiger partial charge in [0.1, 0.15) is 17.5 Å². The van der Waals surface area contributed by atoms with Crippen molar-refractivity contribution in [1.29, 1.82) is 0 Å². The Bertz CT molecular complexity index is 1110. The average Bonchev–Trinajstić information content (AvgIpc) is 3.17. The number of aryl methyl sites for hydroxylation is 2. The molecule has 0 spiro atoms. The number of carbonyl (C=O) groups excluding carboxylic acids is 1. The molecule has 33 heavy (non-hydrogen) atoms. The molecule has 0 radical (unpaired) electrons. The van der Waals surface area contributed by atoms with Crippen molar-refractivity contribution in [2.75, 3.05) is 44.2 Å². The molecule has 3 heterocycles. The number of hydrogen-bond donors (Lipinski definition) is 0. The monoisotopic (exact) mass is 454 g/mol. The molecule has 0 unspecified atom stereocenters. The third kappa shape index (κ3) is 5.13. The Balaban J connectivity index is 1.60. The van der Waals surface area contributed by atoms with E-state index in [1.807, 2.05) is 13.8 Å². The number of anilines is 1. The van der Waals surface area contributed by atoms with Gasteiger partial charge in [0.2, 0.25) is 0 Å². The van der Waals surface area contributed by atoms with E-state index >= 15 is 0 Å². The summed E-state index contributed by atoms with van der Waals surface area (Å²) in [5.74, 6) is 1.89. The van der Waals surface area contributed by atoms with E-state index < -0.39 is 0 Å². The Kier molecular flexibility index (Phi) is 7.17. The highest BCUT2D eigenvalue weighted by molar-refractivity contribution is 5.87. The quantitative estimate of drug-likeness (QED) is 0.483. The van der Waals surface area contributed by atoms with E-state index in [0.717, 1.165) is 67.5 Å². The largest absolute Gasteiger partial charge is 0.466 e. The summed E-state index contributed by atoms with van der Waals surface area (Å²) in [4.78, 5) is 30.6. The van der Waals surface area contributed by atoms with Gasteiger partial charge in [0, 0.05) is 44.8 Å². The van der Waals surface area contributed by atoms with Crippen molar-refractivity contribution in [3.05, 3.63) is 35.9 Å². The summed E-state index contributed by atoms with van der Waals surface area (Å²) >= 11 is 0. The third-order valence-corrected chi connectivity index (χ3v) is 5.85. The molecule has 0 aliphatic carbocycles. The molecule has 1 aromatic carbocycles. The number of hydrogen-bond acceptors (Lipinski definition) is 7. The predicted molar refractivity (Wildman–Crippen MR) is 126 cm³/mol. The number of halogens is 1. The maximum Gasteiger partial charge on any atom is 0.307 e. The molecule has 0 N–H and O–H groups in total. The topological polar surface area (TPSA) is 76.4 Å². The van der Waals surface area contributed by atoms with E-state index in [-0.39, 0.29) is 11.8 Å². The van der Waals surface area contributed by atoms with Crippen LogP contribution in [0.15, 0.2) is 24.3 Å². The molecule has 0 amide bonds. The van der Waals surface area contributed by atoms with Crippen molar-refractivity contribution in [2.45, 2.75) is 40.2 Å². The normalized spacial score (nSPS) is 14.7. The first-order valence-corrected chi connectivity index (χ1v) is 11.6. The summed E-state index contributed by atoms with van der Waals surface area (Å²) < 4.78 is 20.6. The summed E-state index contributed by atoms with van der Waals surface area (Å²) in [6, 6.07) is 6.42. The van der Waals surface area contributed by atoms with Crippen LogP contribution in [0.3, 0.4) is 0 Å². The predicted octanol–water partition coefficient (Wildman–Crippen LogP) is 3.43.